The van der Waals surface area contributed by atoms with E-state index in [1.54, 1.807) is 0 Å². The van der Waals surface area contributed by atoms with Gasteiger partial charge in [-0.25, -0.2) is 0 Å². The summed E-state index contributed by atoms with van der Waals surface area (Å²) in [6.07, 6.45) is 14.6. The summed E-state index contributed by atoms with van der Waals surface area (Å²) >= 11 is 0. The lowest BCUT2D eigenvalue weighted by Gasteiger charge is -2.42. The smallest absolute Gasteiger partial charge is 0.172 e. The number of rotatable bonds is 14. The molecule has 0 amide bonds. The molecule has 7 heteroatoms. The van der Waals surface area contributed by atoms with Gasteiger partial charge in [0.15, 0.2) is 5.79 Å². The standard InChI is InChI=1S/C42H66O7/c1-10-13-33-28(9)38-40-41(46-33)39-37(47-40)22-42(48-38,49-39)17-16-30-20-25(6)32(43-30)15-14-29-19-24(5)26(7)35(44-29)21-36-31(12-3)27(8)34(45-36)18-23(4)11-2/h10,23-24,27-41H,1,6-7,11-22H2,2-5,8-9H3/t23-,24-,27-,28?,29?,30+,31-,32+,33+,34-,35-,36+,37-,38+,39+,40+,41+,42-/m1/s1. The molecule has 8 heterocycles. The Hall–Kier alpha value is -1.06. The summed E-state index contributed by atoms with van der Waals surface area (Å²) in [5.41, 5.74) is 2.45. The zero-order valence-corrected chi connectivity index (χ0v) is 31.4. The Kier molecular flexibility index (Phi) is 10.9. The van der Waals surface area contributed by atoms with Crippen LogP contribution in [0.25, 0.3) is 0 Å². The summed E-state index contributed by atoms with van der Waals surface area (Å²) in [6.45, 7) is 26.9. The lowest BCUT2D eigenvalue weighted by Crippen LogP contribution is -2.54. The molecule has 49 heavy (non-hydrogen) atoms. The minimum atomic E-state index is -0.623. The predicted octanol–water partition coefficient (Wildman–Crippen LogP) is 8.50. The van der Waals surface area contributed by atoms with Gasteiger partial charge in [-0.3, -0.25) is 0 Å². The highest BCUT2D eigenvalue weighted by Crippen LogP contribution is 2.54. The molecular weight excluding hydrogens is 616 g/mol. The molecule has 0 aromatic rings. The van der Waals surface area contributed by atoms with Crippen molar-refractivity contribution in [1.82, 2.24) is 0 Å². The molecule has 0 aromatic carbocycles. The first-order valence-corrected chi connectivity index (χ1v) is 20.1. The van der Waals surface area contributed by atoms with E-state index < -0.39 is 5.79 Å². The molecule has 0 N–H and O–H groups in total. The highest BCUT2D eigenvalue weighted by atomic mass is 16.8. The van der Waals surface area contributed by atoms with Crippen LogP contribution in [0.1, 0.15) is 119 Å². The first kappa shape index (κ1) is 36.3. The van der Waals surface area contributed by atoms with Crippen molar-refractivity contribution in [3.63, 3.8) is 0 Å². The Labute approximate surface area is 296 Å². The van der Waals surface area contributed by atoms with E-state index in [9.17, 15) is 0 Å². The topological polar surface area (TPSA) is 64.6 Å². The van der Waals surface area contributed by atoms with E-state index in [1.807, 2.05) is 6.08 Å². The molecule has 6 bridgehead atoms. The molecule has 7 nitrogen and oxygen atoms in total. The van der Waals surface area contributed by atoms with E-state index in [2.05, 4.69) is 61.3 Å². The van der Waals surface area contributed by atoms with Gasteiger partial charge in [-0.05, 0) is 79.8 Å². The van der Waals surface area contributed by atoms with Gasteiger partial charge in [0.25, 0.3) is 0 Å². The molecule has 8 rings (SSSR count). The fourth-order valence-electron chi connectivity index (χ4n) is 10.6. The van der Waals surface area contributed by atoms with Gasteiger partial charge >= 0.3 is 0 Å². The van der Waals surface area contributed by atoms with Crippen LogP contribution in [0.3, 0.4) is 0 Å². The summed E-state index contributed by atoms with van der Waals surface area (Å²) in [5.74, 6) is 1.92. The fraction of sp³-hybridized carbons (Fsp3) is 0.857. The quantitative estimate of drug-likeness (QED) is 0.170. The monoisotopic (exact) mass is 682 g/mol. The second-order valence-corrected chi connectivity index (χ2v) is 17.3. The predicted molar refractivity (Wildman–Crippen MR) is 191 cm³/mol. The largest absolute Gasteiger partial charge is 0.374 e. The van der Waals surface area contributed by atoms with Crippen molar-refractivity contribution in [3.8, 4) is 0 Å². The summed E-state index contributed by atoms with van der Waals surface area (Å²) in [7, 11) is 0. The molecule has 276 valence electrons. The van der Waals surface area contributed by atoms with E-state index in [0.29, 0.717) is 29.8 Å². The Bertz CT molecular complexity index is 1200. The fourth-order valence-corrected chi connectivity index (χ4v) is 10.6. The number of hydrogen-bond acceptors (Lipinski definition) is 7. The summed E-state index contributed by atoms with van der Waals surface area (Å²) in [4.78, 5) is 0. The summed E-state index contributed by atoms with van der Waals surface area (Å²) < 4.78 is 46.9. The highest BCUT2D eigenvalue weighted by molar-refractivity contribution is 5.14. The molecule has 18 atom stereocenters. The minimum Gasteiger partial charge on any atom is -0.374 e. The van der Waals surface area contributed by atoms with Gasteiger partial charge in [-0.1, -0.05) is 73.6 Å². The van der Waals surface area contributed by atoms with Crippen molar-refractivity contribution in [1.29, 1.82) is 0 Å². The molecule has 0 aromatic heterocycles. The number of hydrogen-bond donors (Lipinski definition) is 0. The molecule has 2 unspecified atom stereocenters. The summed E-state index contributed by atoms with van der Waals surface area (Å²) in [6, 6.07) is 0. The molecule has 0 spiro atoms. The van der Waals surface area contributed by atoms with Gasteiger partial charge in [0, 0.05) is 25.2 Å². The second-order valence-electron chi connectivity index (χ2n) is 17.3. The minimum absolute atomic E-state index is 0.0196. The third-order valence-corrected chi connectivity index (χ3v) is 14.0. The first-order valence-electron chi connectivity index (χ1n) is 20.1. The normalized spacial score (nSPS) is 49.5. The van der Waals surface area contributed by atoms with Gasteiger partial charge in [-0.2, -0.15) is 0 Å². The van der Waals surface area contributed by atoms with E-state index in [1.165, 1.54) is 17.6 Å². The third-order valence-electron chi connectivity index (χ3n) is 14.0. The maximum Gasteiger partial charge on any atom is 0.172 e. The number of ether oxygens (including phenoxy) is 7. The van der Waals surface area contributed by atoms with Crippen LogP contribution in [-0.2, 0) is 33.2 Å². The van der Waals surface area contributed by atoms with Crippen LogP contribution < -0.4 is 0 Å². The van der Waals surface area contributed by atoms with Crippen LogP contribution in [0.2, 0.25) is 0 Å². The van der Waals surface area contributed by atoms with E-state index in [4.69, 9.17) is 33.2 Å². The van der Waals surface area contributed by atoms with Crippen molar-refractivity contribution in [2.24, 2.45) is 29.6 Å². The third kappa shape index (κ3) is 7.05. The lowest BCUT2D eigenvalue weighted by molar-refractivity contribution is -0.262. The van der Waals surface area contributed by atoms with Crippen molar-refractivity contribution < 1.29 is 33.2 Å². The Morgan fingerprint density at radius 2 is 1.57 bits per heavy atom. The molecule has 8 fully saturated rings. The van der Waals surface area contributed by atoms with Gasteiger partial charge < -0.3 is 33.2 Å². The van der Waals surface area contributed by atoms with Gasteiger partial charge in [0.2, 0.25) is 0 Å². The average Bonchev–Trinajstić information content (AvgIpc) is 3.74. The van der Waals surface area contributed by atoms with Gasteiger partial charge in [0.1, 0.15) is 18.3 Å². The molecule has 0 radical (unpaired) electrons. The Balaban J connectivity index is 0.908. The Morgan fingerprint density at radius 1 is 0.816 bits per heavy atom. The van der Waals surface area contributed by atoms with Crippen LogP contribution in [0.15, 0.2) is 37.0 Å². The molecule has 8 aliphatic rings. The van der Waals surface area contributed by atoms with Crippen LogP contribution in [-0.4, -0.2) is 79.0 Å². The van der Waals surface area contributed by atoms with Crippen molar-refractivity contribution in [2.45, 2.75) is 198 Å². The maximum atomic E-state index is 6.90. The van der Waals surface area contributed by atoms with Gasteiger partial charge in [0.05, 0.1) is 54.9 Å². The van der Waals surface area contributed by atoms with E-state index >= 15 is 0 Å². The zero-order chi connectivity index (χ0) is 34.6. The zero-order valence-electron chi connectivity index (χ0n) is 31.4. The Morgan fingerprint density at radius 3 is 2.33 bits per heavy atom. The second kappa shape index (κ2) is 14.8. The maximum absolute atomic E-state index is 6.90. The van der Waals surface area contributed by atoms with Crippen LogP contribution in [0.4, 0.5) is 0 Å². The van der Waals surface area contributed by atoms with Crippen molar-refractivity contribution in [2.75, 3.05) is 0 Å². The average molecular weight is 683 g/mol. The molecule has 8 aliphatic heterocycles. The van der Waals surface area contributed by atoms with Crippen LogP contribution in [0, 0.1) is 29.6 Å². The van der Waals surface area contributed by atoms with Crippen molar-refractivity contribution in [3.05, 3.63) is 37.0 Å². The highest BCUT2D eigenvalue weighted by Gasteiger charge is 2.67. The lowest BCUT2D eigenvalue weighted by atomic mass is 9.80. The molecular formula is C42H66O7. The summed E-state index contributed by atoms with van der Waals surface area (Å²) in [5, 5.41) is 0. The molecule has 0 saturated carbocycles. The molecule has 8 saturated heterocycles. The van der Waals surface area contributed by atoms with Crippen LogP contribution in [0.5, 0.6) is 0 Å². The first-order chi connectivity index (χ1) is 23.5. The van der Waals surface area contributed by atoms with Crippen molar-refractivity contribution >= 4 is 0 Å². The van der Waals surface area contributed by atoms with Gasteiger partial charge in [-0.15, -0.1) is 6.58 Å². The van der Waals surface area contributed by atoms with Crippen LogP contribution >= 0.6 is 0 Å². The SMILES string of the molecule is C=CC[C@@H]1O[C@H]2[C@H]3O[C@]4(CC[C@H]5CC(=C)[C@H](CCC6C[C@@H](C)C(=C)[C@@H](C[C@@H]7O[C@H](C[C@H](C)CC)[C@H](C)[C@H]7CC)O6)O5)C[C@H]3O[C@H]2[C@@H](O4)C1C. The van der Waals surface area contributed by atoms with E-state index in [0.717, 1.165) is 70.6 Å². The van der Waals surface area contributed by atoms with E-state index in [-0.39, 0.29) is 73.1 Å². The molecule has 0 aliphatic carbocycles.